The highest BCUT2D eigenvalue weighted by Gasteiger charge is 2.22. The lowest BCUT2D eigenvalue weighted by Crippen LogP contribution is -2.36. The van der Waals surface area contributed by atoms with E-state index in [0.717, 1.165) is 18.4 Å². The van der Waals surface area contributed by atoms with Gasteiger partial charge in [-0.05, 0) is 53.9 Å². The molecule has 3 rings (SSSR count). The van der Waals surface area contributed by atoms with Crippen LogP contribution < -0.4 is 10.6 Å². The molecule has 22 heavy (non-hydrogen) atoms. The third-order valence-corrected chi connectivity index (χ3v) is 4.74. The fraction of sp³-hybridized carbons (Fsp3) is 0.235. The number of nitrogens with one attached hydrogen (secondary N) is 2. The van der Waals surface area contributed by atoms with Crippen molar-refractivity contribution >= 4 is 40.5 Å². The molecule has 1 aliphatic carbocycles. The van der Waals surface area contributed by atoms with Crippen LogP contribution in [0.5, 0.6) is 0 Å². The largest absolute Gasteiger partial charge is 0.359 e. The minimum Gasteiger partial charge on any atom is -0.359 e. The Morgan fingerprint density at radius 2 is 2.00 bits per heavy atom. The molecule has 0 amide bonds. The number of hydrogen-bond acceptors (Lipinski definition) is 1. The second-order valence-corrected chi connectivity index (χ2v) is 6.60. The third-order valence-electron chi connectivity index (χ3n) is 3.89. The van der Waals surface area contributed by atoms with Crippen molar-refractivity contribution in [3.8, 4) is 0 Å². The Kier molecular flexibility index (Phi) is 4.87. The van der Waals surface area contributed by atoms with Gasteiger partial charge in [-0.2, -0.15) is 0 Å². The van der Waals surface area contributed by atoms with Gasteiger partial charge in [0.05, 0.1) is 6.04 Å². The number of halogens is 2. The van der Waals surface area contributed by atoms with Crippen LogP contribution in [0.15, 0.2) is 42.5 Å². The molecule has 0 spiro atoms. The van der Waals surface area contributed by atoms with Crippen LogP contribution in [0, 0.1) is 0 Å². The zero-order valence-electron chi connectivity index (χ0n) is 11.9. The SMILES string of the molecule is S=C(NCc1ccc(Cl)cc1Cl)NC1CCc2ccccc21. The minimum absolute atomic E-state index is 0.289. The molecule has 0 saturated heterocycles. The zero-order valence-corrected chi connectivity index (χ0v) is 14.2. The third kappa shape index (κ3) is 3.54. The second-order valence-electron chi connectivity index (χ2n) is 5.35. The Morgan fingerprint density at radius 1 is 1.18 bits per heavy atom. The predicted octanol–water partition coefficient (Wildman–Crippen LogP) is 4.65. The molecule has 0 radical (unpaired) electrons. The van der Waals surface area contributed by atoms with Gasteiger partial charge >= 0.3 is 0 Å². The summed E-state index contributed by atoms with van der Waals surface area (Å²) < 4.78 is 0. The fourth-order valence-corrected chi connectivity index (χ4v) is 3.45. The van der Waals surface area contributed by atoms with Crippen LogP contribution in [0.2, 0.25) is 10.0 Å². The summed E-state index contributed by atoms with van der Waals surface area (Å²) in [7, 11) is 0. The molecule has 2 aromatic carbocycles. The number of thiocarbonyl (C=S) groups is 1. The van der Waals surface area contributed by atoms with E-state index in [9.17, 15) is 0 Å². The van der Waals surface area contributed by atoms with Crippen molar-refractivity contribution in [3.63, 3.8) is 0 Å². The van der Waals surface area contributed by atoms with E-state index in [2.05, 4.69) is 34.9 Å². The maximum Gasteiger partial charge on any atom is 0.167 e. The normalized spacial score (nSPS) is 16.2. The highest BCUT2D eigenvalue weighted by Crippen LogP contribution is 2.30. The van der Waals surface area contributed by atoms with Crippen molar-refractivity contribution in [1.29, 1.82) is 0 Å². The molecule has 2 nitrogen and oxygen atoms in total. The predicted molar refractivity (Wildman–Crippen MR) is 96.5 cm³/mol. The summed E-state index contributed by atoms with van der Waals surface area (Å²) in [6.07, 6.45) is 2.17. The molecule has 1 unspecified atom stereocenters. The molecule has 5 heteroatoms. The quantitative estimate of drug-likeness (QED) is 0.788. The van der Waals surface area contributed by atoms with Crippen molar-refractivity contribution < 1.29 is 0 Å². The fourth-order valence-electron chi connectivity index (χ4n) is 2.76. The number of aryl methyl sites for hydroxylation is 1. The molecule has 0 saturated carbocycles. The van der Waals surface area contributed by atoms with Crippen molar-refractivity contribution in [2.24, 2.45) is 0 Å². The highest BCUT2D eigenvalue weighted by molar-refractivity contribution is 7.80. The molecule has 0 heterocycles. The molecule has 1 atom stereocenters. The summed E-state index contributed by atoms with van der Waals surface area (Å²) in [5.74, 6) is 0. The summed E-state index contributed by atoms with van der Waals surface area (Å²) in [5.41, 5.74) is 3.72. The van der Waals surface area contributed by atoms with E-state index in [1.54, 1.807) is 6.07 Å². The van der Waals surface area contributed by atoms with Crippen LogP contribution in [0.25, 0.3) is 0 Å². The molecule has 2 aromatic rings. The first-order valence-electron chi connectivity index (χ1n) is 7.19. The van der Waals surface area contributed by atoms with Gasteiger partial charge in [-0.1, -0.05) is 53.5 Å². The van der Waals surface area contributed by atoms with Gasteiger partial charge in [-0.3, -0.25) is 0 Å². The van der Waals surface area contributed by atoms with Crippen LogP contribution in [0.1, 0.15) is 29.2 Å². The standard InChI is InChI=1S/C17H16Cl2N2S/c18-13-7-5-12(15(19)9-13)10-20-17(22)21-16-8-6-11-3-1-2-4-14(11)16/h1-5,7,9,16H,6,8,10H2,(H2,20,21,22). The Hall–Kier alpha value is -1.29. The Bertz CT molecular complexity index is 703. The van der Waals surface area contributed by atoms with Gasteiger partial charge in [0.25, 0.3) is 0 Å². The molecule has 0 bridgehead atoms. The average molecular weight is 351 g/mol. The first kappa shape index (κ1) is 15.6. The first-order chi connectivity index (χ1) is 10.6. The lowest BCUT2D eigenvalue weighted by atomic mass is 10.1. The maximum absolute atomic E-state index is 6.16. The Balaban J connectivity index is 1.57. The van der Waals surface area contributed by atoms with Gasteiger partial charge in [0, 0.05) is 16.6 Å². The lowest BCUT2D eigenvalue weighted by molar-refractivity contribution is 0.630. The maximum atomic E-state index is 6.16. The summed E-state index contributed by atoms with van der Waals surface area (Å²) in [5, 5.41) is 8.53. The van der Waals surface area contributed by atoms with Gasteiger partial charge < -0.3 is 10.6 Å². The Labute approximate surface area is 145 Å². The molecular formula is C17H16Cl2N2S. The molecule has 0 aromatic heterocycles. The second kappa shape index (κ2) is 6.86. The summed E-state index contributed by atoms with van der Waals surface area (Å²) >= 11 is 17.5. The van der Waals surface area contributed by atoms with Crippen molar-refractivity contribution in [2.45, 2.75) is 25.4 Å². The highest BCUT2D eigenvalue weighted by atomic mass is 35.5. The molecule has 2 N–H and O–H groups in total. The number of benzene rings is 2. The van der Waals surface area contributed by atoms with Gasteiger partial charge in [0.2, 0.25) is 0 Å². The van der Waals surface area contributed by atoms with E-state index >= 15 is 0 Å². The van der Waals surface area contributed by atoms with Crippen molar-refractivity contribution in [3.05, 3.63) is 69.2 Å². The van der Waals surface area contributed by atoms with Crippen LogP contribution in [0.3, 0.4) is 0 Å². The van der Waals surface area contributed by atoms with E-state index < -0.39 is 0 Å². The summed E-state index contributed by atoms with van der Waals surface area (Å²) in [6.45, 7) is 0.580. The van der Waals surface area contributed by atoms with E-state index in [0.29, 0.717) is 21.7 Å². The monoisotopic (exact) mass is 350 g/mol. The molecule has 114 valence electrons. The summed E-state index contributed by atoms with van der Waals surface area (Å²) in [6, 6.07) is 14.3. The first-order valence-corrected chi connectivity index (χ1v) is 8.36. The lowest BCUT2D eigenvalue weighted by Gasteiger charge is -2.17. The minimum atomic E-state index is 0.289. The Morgan fingerprint density at radius 3 is 2.82 bits per heavy atom. The molecule has 0 fully saturated rings. The molecule has 0 aliphatic heterocycles. The van der Waals surface area contributed by atoms with Crippen LogP contribution in [0.4, 0.5) is 0 Å². The number of hydrogen-bond donors (Lipinski definition) is 2. The summed E-state index contributed by atoms with van der Waals surface area (Å²) in [4.78, 5) is 0. The number of fused-ring (bicyclic) bond motifs is 1. The van der Waals surface area contributed by atoms with Crippen molar-refractivity contribution in [2.75, 3.05) is 0 Å². The molecular weight excluding hydrogens is 335 g/mol. The topological polar surface area (TPSA) is 24.1 Å². The molecule has 1 aliphatic rings. The van der Waals surface area contributed by atoms with E-state index in [4.69, 9.17) is 35.4 Å². The van der Waals surface area contributed by atoms with Gasteiger partial charge in [0.15, 0.2) is 5.11 Å². The van der Waals surface area contributed by atoms with Crippen molar-refractivity contribution in [1.82, 2.24) is 10.6 Å². The van der Waals surface area contributed by atoms with Gasteiger partial charge in [-0.25, -0.2) is 0 Å². The van der Waals surface area contributed by atoms with Crippen LogP contribution in [-0.4, -0.2) is 5.11 Å². The van der Waals surface area contributed by atoms with Crippen LogP contribution in [-0.2, 0) is 13.0 Å². The van der Waals surface area contributed by atoms with Crippen LogP contribution >= 0.6 is 35.4 Å². The van der Waals surface area contributed by atoms with E-state index in [-0.39, 0.29) is 6.04 Å². The van der Waals surface area contributed by atoms with E-state index in [1.165, 1.54) is 11.1 Å². The van der Waals surface area contributed by atoms with Gasteiger partial charge in [-0.15, -0.1) is 0 Å². The average Bonchev–Trinajstić information content (AvgIpc) is 2.90. The van der Waals surface area contributed by atoms with E-state index in [1.807, 2.05) is 12.1 Å². The zero-order chi connectivity index (χ0) is 15.5. The smallest absolute Gasteiger partial charge is 0.167 e. The van der Waals surface area contributed by atoms with Gasteiger partial charge in [0.1, 0.15) is 0 Å². The number of rotatable bonds is 3.